The summed E-state index contributed by atoms with van der Waals surface area (Å²) in [5.41, 5.74) is 6.50. The molecule has 3 rings (SSSR count). The van der Waals surface area contributed by atoms with Gasteiger partial charge in [-0.15, -0.1) is 0 Å². The molecule has 0 amide bonds. The number of aromatic nitrogens is 2. The summed E-state index contributed by atoms with van der Waals surface area (Å²) in [4.78, 5) is 8.31. The second kappa shape index (κ2) is 4.31. The Morgan fingerprint density at radius 3 is 2.79 bits per heavy atom. The lowest BCUT2D eigenvalue weighted by Gasteiger charge is -2.10. The van der Waals surface area contributed by atoms with Crippen molar-refractivity contribution in [3.8, 4) is 23.1 Å². The maximum Gasteiger partial charge on any atom is 0.231 e. The molecule has 6 nitrogen and oxygen atoms in total. The third-order valence-electron chi connectivity index (χ3n) is 2.81. The van der Waals surface area contributed by atoms with Gasteiger partial charge in [0.2, 0.25) is 12.7 Å². The molecular formula is C13H13N3O3. The Morgan fingerprint density at radius 2 is 1.95 bits per heavy atom. The van der Waals surface area contributed by atoms with Crippen molar-refractivity contribution in [1.29, 1.82) is 0 Å². The largest absolute Gasteiger partial charge is 0.454 e. The fourth-order valence-corrected chi connectivity index (χ4v) is 1.77. The quantitative estimate of drug-likeness (QED) is 0.890. The highest BCUT2D eigenvalue weighted by atomic mass is 16.7. The van der Waals surface area contributed by atoms with Gasteiger partial charge in [0.05, 0.1) is 5.56 Å². The third kappa shape index (κ3) is 2.12. The van der Waals surface area contributed by atoms with E-state index in [1.807, 2.05) is 6.92 Å². The molecule has 0 aliphatic carbocycles. The summed E-state index contributed by atoms with van der Waals surface area (Å²) in [6.45, 7) is 3.82. The molecule has 2 N–H and O–H groups in total. The van der Waals surface area contributed by atoms with Gasteiger partial charge < -0.3 is 19.9 Å². The summed E-state index contributed by atoms with van der Waals surface area (Å²) in [6, 6.07) is 5.35. The lowest BCUT2D eigenvalue weighted by atomic mass is 10.3. The van der Waals surface area contributed by atoms with Gasteiger partial charge in [-0.3, -0.25) is 0 Å². The molecule has 0 atom stereocenters. The summed E-state index contributed by atoms with van der Waals surface area (Å²) in [5, 5.41) is 0. The average molecular weight is 259 g/mol. The number of hydrogen-bond donors (Lipinski definition) is 1. The molecule has 6 heteroatoms. The van der Waals surface area contributed by atoms with Crippen molar-refractivity contribution in [3.05, 3.63) is 29.6 Å². The molecule has 1 aliphatic rings. The first-order chi connectivity index (χ1) is 9.13. The van der Waals surface area contributed by atoms with Crippen molar-refractivity contribution in [2.45, 2.75) is 13.8 Å². The molecule has 1 aromatic heterocycles. The van der Waals surface area contributed by atoms with Gasteiger partial charge in [0.25, 0.3) is 0 Å². The van der Waals surface area contributed by atoms with Crippen molar-refractivity contribution in [2.24, 2.45) is 0 Å². The standard InChI is InChI=1S/C13H13N3O3/c1-7-12(14)15-8(2)16-13(7)19-9-3-4-10-11(5-9)18-6-17-10/h3-5H,6H2,1-2H3,(H2,14,15,16). The average Bonchev–Trinajstić information content (AvgIpc) is 2.82. The fraction of sp³-hybridized carbons (Fsp3) is 0.231. The molecule has 2 aromatic rings. The van der Waals surface area contributed by atoms with Crippen molar-refractivity contribution in [1.82, 2.24) is 9.97 Å². The molecule has 0 unspecified atom stereocenters. The molecule has 0 bridgehead atoms. The summed E-state index contributed by atoms with van der Waals surface area (Å²) >= 11 is 0. The van der Waals surface area contributed by atoms with Crippen molar-refractivity contribution < 1.29 is 14.2 Å². The summed E-state index contributed by atoms with van der Waals surface area (Å²) < 4.78 is 16.3. The zero-order valence-corrected chi connectivity index (χ0v) is 10.6. The van der Waals surface area contributed by atoms with Crippen molar-refractivity contribution in [2.75, 3.05) is 12.5 Å². The van der Waals surface area contributed by atoms with Crippen LogP contribution in [-0.4, -0.2) is 16.8 Å². The molecule has 98 valence electrons. The van der Waals surface area contributed by atoms with E-state index in [9.17, 15) is 0 Å². The Balaban J connectivity index is 1.93. The second-order valence-corrected chi connectivity index (χ2v) is 4.20. The minimum absolute atomic E-state index is 0.234. The first-order valence-electron chi connectivity index (χ1n) is 5.81. The van der Waals surface area contributed by atoms with Crippen LogP contribution in [0.3, 0.4) is 0 Å². The number of nitrogens with zero attached hydrogens (tertiary/aromatic N) is 2. The summed E-state index contributed by atoms with van der Waals surface area (Å²) in [5.74, 6) is 3.42. The maximum absolute atomic E-state index is 5.79. The molecule has 1 aromatic carbocycles. The molecule has 0 spiro atoms. The van der Waals surface area contributed by atoms with Crippen LogP contribution in [0.25, 0.3) is 0 Å². The van der Waals surface area contributed by atoms with E-state index in [1.54, 1.807) is 25.1 Å². The molecule has 0 saturated carbocycles. The van der Waals surface area contributed by atoms with E-state index in [0.29, 0.717) is 40.3 Å². The number of rotatable bonds is 2. The number of nitrogen functional groups attached to an aromatic ring is 1. The number of aryl methyl sites for hydroxylation is 1. The molecule has 1 aliphatic heterocycles. The first kappa shape index (κ1) is 11.6. The fourth-order valence-electron chi connectivity index (χ4n) is 1.77. The van der Waals surface area contributed by atoms with Crippen LogP contribution in [0, 0.1) is 13.8 Å². The van der Waals surface area contributed by atoms with Gasteiger partial charge >= 0.3 is 0 Å². The molecule has 0 fully saturated rings. The molecule has 2 heterocycles. The number of ether oxygens (including phenoxy) is 3. The lowest BCUT2D eigenvalue weighted by Crippen LogP contribution is -2.02. The summed E-state index contributed by atoms with van der Waals surface area (Å²) in [6.07, 6.45) is 0. The highest BCUT2D eigenvalue weighted by molar-refractivity contribution is 5.50. The van der Waals surface area contributed by atoms with E-state index in [-0.39, 0.29) is 6.79 Å². The van der Waals surface area contributed by atoms with Gasteiger partial charge in [0.1, 0.15) is 17.4 Å². The number of nitrogens with two attached hydrogens (primary N) is 1. The van der Waals surface area contributed by atoms with Crippen LogP contribution in [0.5, 0.6) is 23.1 Å². The third-order valence-corrected chi connectivity index (χ3v) is 2.81. The Labute approximate surface area is 110 Å². The smallest absolute Gasteiger partial charge is 0.231 e. The normalized spacial score (nSPS) is 12.5. The number of anilines is 1. The van der Waals surface area contributed by atoms with Gasteiger partial charge in [-0.2, -0.15) is 4.98 Å². The molecule has 0 radical (unpaired) electrons. The van der Waals surface area contributed by atoms with Crippen LogP contribution in [0.15, 0.2) is 18.2 Å². The van der Waals surface area contributed by atoms with E-state index in [4.69, 9.17) is 19.9 Å². The van der Waals surface area contributed by atoms with Gasteiger partial charge in [-0.05, 0) is 26.0 Å². The summed E-state index contributed by atoms with van der Waals surface area (Å²) in [7, 11) is 0. The van der Waals surface area contributed by atoms with Crippen LogP contribution >= 0.6 is 0 Å². The second-order valence-electron chi connectivity index (χ2n) is 4.20. The Kier molecular flexibility index (Phi) is 2.63. The predicted octanol–water partition coefficient (Wildman–Crippen LogP) is 2.20. The number of fused-ring (bicyclic) bond motifs is 1. The molecular weight excluding hydrogens is 246 g/mol. The zero-order valence-electron chi connectivity index (χ0n) is 10.6. The van der Waals surface area contributed by atoms with E-state index in [2.05, 4.69) is 9.97 Å². The lowest BCUT2D eigenvalue weighted by molar-refractivity contribution is 0.174. The Hall–Kier alpha value is -2.50. The van der Waals surface area contributed by atoms with Gasteiger partial charge in [-0.1, -0.05) is 0 Å². The van der Waals surface area contributed by atoms with Gasteiger partial charge in [-0.25, -0.2) is 4.98 Å². The van der Waals surface area contributed by atoms with E-state index in [0.717, 1.165) is 0 Å². The van der Waals surface area contributed by atoms with Crippen molar-refractivity contribution in [3.63, 3.8) is 0 Å². The van der Waals surface area contributed by atoms with E-state index < -0.39 is 0 Å². The van der Waals surface area contributed by atoms with E-state index >= 15 is 0 Å². The number of hydrogen-bond acceptors (Lipinski definition) is 6. The van der Waals surface area contributed by atoms with Crippen LogP contribution in [0.1, 0.15) is 11.4 Å². The van der Waals surface area contributed by atoms with Crippen molar-refractivity contribution >= 4 is 5.82 Å². The predicted molar refractivity (Wildman–Crippen MR) is 68.6 cm³/mol. The zero-order chi connectivity index (χ0) is 13.4. The van der Waals surface area contributed by atoms with Crippen LogP contribution in [0.4, 0.5) is 5.82 Å². The first-order valence-corrected chi connectivity index (χ1v) is 5.81. The van der Waals surface area contributed by atoms with Crippen LogP contribution in [-0.2, 0) is 0 Å². The highest BCUT2D eigenvalue weighted by Gasteiger charge is 2.15. The minimum Gasteiger partial charge on any atom is -0.454 e. The van der Waals surface area contributed by atoms with Gasteiger partial charge in [0.15, 0.2) is 11.5 Å². The Bertz CT molecular complexity index is 643. The SMILES string of the molecule is Cc1nc(N)c(C)c(Oc2ccc3c(c2)OCO3)n1. The van der Waals surface area contributed by atoms with Gasteiger partial charge in [0, 0.05) is 6.07 Å². The monoisotopic (exact) mass is 259 g/mol. The molecule has 0 saturated heterocycles. The number of benzene rings is 1. The topological polar surface area (TPSA) is 79.5 Å². The van der Waals surface area contributed by atoms with Crippen LogP contribution < -0.4 is 19.9 Å². The van der Waals surface area contributed by atoms with E-state index in [1.165, 1.54) is 0 Å². The Morgan fingerprint density at radius 1 is 1.16 bits per heavy atom. The highest BCUT2D eigenvalue weighted by Crippen LogP contribution is 2.37. The van der Waals surface area contributed by atoms with Crippen LogP contribution in [0.2, 0.25) is 0 Å². The minimum atomic E-state index is 0.234. The maximum atomic E-state index is 5.79. The molecule has 19 heavy (non-hydrogen) atoms.